The third-order valence-corrected chi connectivity index (χ3v) is 8.19. The molecule has 0 unspecified atom stereocenters. The van der Waals surface area contributed by atoms with Crippen LogP contribution in [0.15, 0.2) is 77.9 Å². The van der Waals surface area contributed by atoms with E-state index in [1.807, 2.05) is 42.5 Å². The Labute approximate surface area is 296 Å². The van der Waals surface area contributed by atoms with Crippen molar-refractivity contribution in [3.63, 3.8) is 0 Å². The van der Waals surface area contributed by atoms with Gasteiger partial charge in [-0.3, -0.25) is 9.59 Å². The molecule has 0 heterocycles. The van der Waals surface area contributed by atoms with Crippen LogP contribution in [0.2, 0.25) is 0 Å². The number of esters is 3. The van der Waals surface area contributed by atoms with Gasteiger partial charge in [0.05, 0.1) is 19.8 Å². The third kappa shape index (κ3) is 9.30. The molecule has 3 aromatic carbocycles. The summed E-state index contributed by atoms with van der Waals surface area (Å²) in [4.78, 5) is 64.3. The molecule has 0 spiro atoms. The SMILES string of the molecule is CCOC(=O)COc1c2cccc1Cc1cccc(c1OCC(=O)OCC)Cc1cccc(c1OCC(=O)OCC)CC1=CC(=O)C=C(C2)C1=O. The minimum Gasteiger partial charge on any atom is -0.481 e. The summed E-state index contributed by atoms with van der Waals surface area (Å²) in [5, 5.41) is 0. The lowest BCUT2D eigenvalue weighted by Gasteiger charge is -2.22. The van der Waals surface area contributed by atoms with Gasteiger partial charge in [-0.1, -0.05) is 54.6 Å². The van der Waals surface area contributed by atoms with Crippen LogP contribution in [0.1, 0.15) is 54.2 Å². The van der Waals surface area contributed by atoms with Gasteiger partial charge in [0.25, 0.3) is 0 Å². The van der Waals surface area contributed by atoms with Gasteiger partial charge < -0.3 is 28.4 Å². The molecule has 11 heteroatoms. The molecule has 0 aromatic heterocycles. The Morgan fingerprint density at radius 1 is 0.490 bits per heavy atom. The number of fused-ring (bicyclic) bond motifs is 8. The maximum absolute atomic E-state index is 14.0. The largest absolute Gasteiger partial charge is 0.481 e. The zero-order chi connectivity index (χ0) is 36.3. The summed E-state index contributed by atoms with van der Waals surface area (Å²) in [5.74, 6) is -1.11. The van der Waals surface area contributed by atoms with Crippen LogP contribution in [0.5, 0.6) is 17.2 Å². The highest BCUT2D eigenvalue weighted by Gasteiger charge is 2.27. The highest BCUT2D eigenvalue weighted by atomic mass is 16.6. The number of para-hydroxylation sites is 3. The van der Waals surface area contributed by atoms with E-state index in [0.29, 0.717) is 50.6 Å². The number of ether oxygens (including phenoxy) is 6. The molecule has 0 N–H and O–H groups in total. The first-order valence-corrected chi connectivity index (χ1v) is 16.9. The van der Waals surface area contributed by atoms with E-state index in [9.17, 15) is 24.0 Å². The molecule has 2 aliphatic rings. The van der Waals surface area contributed by atoms with Crippen molar-refractivity contribution >= 4 is 29.5 Å². The van der Waals surface area contributed by atoms with Gasteiger partial charge in [-0.2, -0.15) is 0 Å². The predicted molar refractivity (Wildman–Crippen MR) is 185 cm³/mol. The van der Waals surface area contributed by atoms with Gasteiger partial charge in [0.2, 0.25) is 0 Å². The molecule has 2 aliphatic carbocycles. The van der Waals surface area contributed by atoms with E-state index in [1.165, 1.54) is 12.2 Å². The van der Waals surface area contributed by atoms with Crippen molar-refractivity contribution in [2.24, 2.45) is 0 Å². The van der Waals surface area contributed by atoms with E-state index in [0.717, 1.165) is 0 Å². The molecule has 5 rings (SSSR count). The summed E-state index contributed by atoms with van der Waals surface area (Å²) in [6, 6.07) is 16.5. The Balaban J connectivity index is 1.68. The zero-order valence-electron chi connectivity index (χ0n) is 28.9. The van der Waals surface area contributed by atoms with Gasteiger partial charge in [-0.05, 0) is 66.3 Å². The van der Waals surface area contributed by atoms with E-state index in [-0.39, 0.29) is 88.0 Å². The van der Waals surface area contributed by atoms with Crippen LogP contribution in [0.25, 0.3) is 0 Å². The first-order chi connectivity index (χ1) is 24.7. The second-order valence-corrected chi connectivity index (χ2v) is 11.8. The van der Waals surface area contributed by atoms with Crippen LogP contribution in [-0.2, 0) is 63.9 Å². The van der Waals surface area contributed by atoms with Crippen molar-refractivity contribution in [3.05, 3.63) is 111 Å². The van der Waals surface area contributed by atoms with Gasteiger partial charge in [0.1, 0.15) is 17.2 Å². The van der Waals surface area contributed by atoms with Crippen molar-refractivity contribution in [2.75, 3.05) is 39.6 Å². The normalized spacial score (nSPS) is 13.7. The summed E-state index contributed by atoms with van der Waals surface area (Å²) in [5.41, 5.74) is 4.45. The monoisotopic (exact) mass is 696 g/mol. The number of benzene rings is 3. The standard InChI is InChI=1S/C40H40O11/c1-4-46-34(42)22-49-38-25-10-7-11-26(38)17-28-13-9-15-30(40(28)51-24-36(44)48-6-3)19-32-21-33(41)20-31(37(32)45)18-29-14-8-12-27(16-25)39(29)50-23-35(43)47-5-2/h7-15,20-21H,4-6,16-19,22-24H2,1-3H3. The van der Waals surface area contributed by atoms with Crippen molar-refractivity contribution in [2.45, 2.75) is 46.5 Å². The van der Waals surface area contributed by atoms with E-state index in [4.69, 9.17) is 28.4 Å². The van der Waals surface area contributed by atoms with Crippen LogP contribution in [0.4, 0.5) is 0 Å². The number of allylic oxidation sites excluding steroid dienone is 4. The number of hydrogen-bond donors (Lipinski definition) is 0. The van der Waals surface area contributed by atoms with Gasteiger partial charge in [0.15, 0.2) is 31.4 Å². The van der Waals surface area contributed by atoms with Crippen LogP contribution in [0.3, 0.4) is 0 Å². The molecule has 0 saturated heterocycles. The molecule has 0 radical (unpaired) electrons. The summed E-state index contributed by atoms with van der Waals surface area (Å²) in [7, 11) is 0. The van der Waals surface area contributed by atoms with Gasteiger partial charge in [0, 0.05) is 36.8 Å². The van der Waals surface area contributed by atoms with E-state index >= 15 is 0 Å². The fraction of sp³-hybridized carbons (Fsp3) is 0.325. The lowest BCUT2D eigenvalue weighted by Crippen LogP contribution is -2.20. The average molecular weight is 697 g/mol. The van der Waals surface area contributed by atoms with Crippen molar-refractivity contribution in [1.82, 2.24) is 0 Å². The van der Waals surface area contributed by atoms with Crippen molar-refractivity contribution in [3.8, 4) is 17.2 Å². The Kier molecular flexibility index (Phi) is 12.4. The van der Waals surface area contributed by atoms with Crippen molar-refractivity contribution in [1.29, 1.82) is 0 Å². The highest BCUT2D eigenvalue weighted by molar-refractivity contribution is 6.20. The summed E-state index contributed by atoms with van der Waals surface area (Å²) in [6.07, 6.45) is 3.23. The molecular formula is C40H40O11. The smallest absolute Gasteiger partial charge is 0.344 e. The molecule has 0 atom stereocenters. The van der Waals surface area contributed by atoms with Crippen LogP contribution >= 0.6 is 0 Å². The topological polar surface area (TPSA) is 141 Å². The quantitative estimate of drug-likeness (QED) is 0.147. The highest BCUT2D eigenvalue weighted by Crippen LogP contribution is 2.37. The Bertz CT molecular complexity index is 1770. The second-order valence-electron chi connectivity index (χ2n) is 11.8. The van der Waals surface area contributed by atoms with Crippen LogP contribution in [0, 0.1) is 0 Å². The molecule has 0 saturated carbocycles. The third-order valence-electron chi connectivity index (χ3n) is 8.19. The summed E-state index contributed by atoms with van der Waals surface area (Å²) in [6.45, 7) is 4.59. The van der Waals surface area contributed by atoms with Crippen LogP contribution in [-0.4, -0.2) is 69.1 Å². The lowest BCUT2D eigenvalue weighted by atomic mass is 9.86. The fourth-order valence-electron chi connectivity index (χ4n) is 6.11. The lowest BCUT2D eigenvalue weighted by molar-refractivity contribution is -0.146. The van der Waals surface area contributed by atoms with E-state index < -0.39 is 17.9 Å². The average Bonchev–Trinajstić information content (AvgIpc) is 3.09. The molecule has 0 aliphatic heterocycles. The number of carbonyl (C=O) groups is 5. The minimum atomic E-state index is -0.559. The number of carbonyl (C=O) groups excluding carboxylic acids is 5. The van der Waals surface area contributed by atoms with E-state index in [2.05, 4.69) is 0 Å². The molecule has 8 bridgehead atoms. The maximum atomic E-state index is 14.0. The van der Waals surface area contributed by atoms with Gasteiger partial charge >= 0.3 is 17.9 Å². The molecule has 0 fully saturated rings. The first-order valence-electron chi connectivity index (χ1n) is 16.9. The first kappa shape index (κ1) is 36.6. The van der Waals surface area contributed by atoms with Gasteiger partial charge in [-0.15, -0.1) is 0 Å². The Morgan fingerprint density at radius 2 is 0.784 bits per heavy atom. The molecule has 3 aromatic rings. The van der Waals surface area contributed by atoms with Crippen LogP contribution < -0.4 is 14.2 Å². The number of Topliss-reactive ketones (excluding diaryl/α,β-unsaturated/α-hetero) is 1. The predicted octanol–water partition coefficient (Wildman–Crippen LogP) is 4.80. The minimum absolute atomic E-state index is 0.0480. The molecule has 0 amide bonds. The number of hydrogen-bond acceptors (Lipinski definition) is 11. The molecular weight excluding hydrogens is 656 g/mol. The number of ketones is 2. The number of rotatable bonds is 12. The molecule has 11 nitrogen and oxygen atoms in total. The fourth-order valence-corrected chi connectivity index (χ4v) is 6.11. The Hall–Kier alpha value is -5.71. The maximum Gasteiger partial charge on any atom is 0.344 e. The molecule has 266 valence electrons. The second kappa shape index (κ2) is 17.3. The van der Waals surface area contributed by atoms with Gasteiger partial charge in [-0.25, -0.2) is 14.4 Å². The van der Waals surface area contributed by atoms with E-state index in [1.54, 1.807) is 32.9 Å². The van der Waals surface area contributed by atoms with Crippen molar-refractivity contribution < 1.29 is 52.4 Å². The molecule has 51 heavy (non-hydrogen) atoms. The summed E-state index contributed by atoms with van der Waals surface area (Å²) < 4.78 is 33.8. The summed E-state index contributed by atoms with van der Waals surface area (Å²) >= 11 is 0. The zero-order valence-corrected chi connectivity index (χ0v) is 28.9. The Morgan fingerprint density at radius 3 is 1.08 bits per heavy atom.